The van der Waals surface area contributed by atoms with Gasteiger partial charge in [0.1, 0.15) is 0 Å². The van der Waals surface area contributed by atoms with Gasteiger partial charge in [-0.1, -0.05) is 64.6 Å². The van der Waals surface area contributed by atoms with Crippen LogP contribution in [0.25, 0.3) is 11.1 Å². The zero-order chi connectivity index (χ0) is 11.7. The molecule has 0 unspecified atom stereocenters. The van der Waals surface area contributed by atoms with E-state index in [1.54, 1.807) is 24.3 Å². The van der Waals surface area contributed by atoms with E-state index < -0.39 is 0 Å². The smallest absolute Gasteiger partial charge is 0.0671 e. The second-order valence-electron chi connectivity index (χ2n) is 3.12. The van der Waals surface area contributed by atoms with E-state index in [0.717, 1.165) is 0 Å². The van der Waals surface area contributed by atoms with Gasteiger partial charge in [0.25, 0.3) is 0 Å². The summed E-state index contributed by atoms with van der Waals surface area (Å²) in [6.07, 6.45) is 0. The van der Waals surface area contributed by atoms with Crippen LogP contribution in [0.1, 0.15) is 0 Å². The van der Waals surface area contributed by atoms with Crippen LogP contribution in [-0.4, -0.2) is 0 Å². The average Bonchev–Trinajstić information content (AvgIpc) is 2.24. The quantitative estimate of drug-likeness (QED) is 0.626. The van der Waals surface area contributed by atoms with E-state index in [2.05, 4.69) is 6.07 Å². The van der Waals surface area contributed by atoms with Crippen molar-refractivity contribution in [2.24, 2.45) is 0 Å². The Bertz CT molecular complexity index is 514. The standard InChI is InChI=1S/C12H5Cl4/c13-8-4-2-5-9(14)11(8)7-3-1-6-10(15)12(7)16/h1-4,6H. The molecule has 4 heteroatoms. The molecule has 0 aromatic heterocycles. The molecule has 0 aliphatic heterocycles. The second kappa shape index (κ2) is 4.85. The predicted molar refractivity (Wildman–Crippen MR) is 70.8 cm³/mol. The summed E-state index contributed by atoms with van der Waals surface area (Å²) in [6.45, 7) is 0. The molecule has 81 valence electrons. The van der Waals surface area contributed by atoms with E-state index in [4.69, 9.17) is 46.4 Å². The van der Waals surface area contributed by atoms with Crippen molar-refractivity contribution in [2.45, 2.75) is 0 Å². The van der Waals surface area contributed by atoms with E-state index in [-0.39, 0.29) is 0 Å². The van der Waals surface area contributed by atoms with Crippen molar-refractivity contribution >= 4 is 46.4 Å². The number of rotatable bonds is 1. The average molecular weight is 291 g/mol. The molecule has 0 N–H and O–H groups in total. The summed E-state index contributed by atoms with van der Waals surface area (Å²) in [5.41, 5.74) is 1.36. The molecule has 1 radical (unpaired) electrons. The van der Waals surface area contributed by atoms with Crippen LogP contribution in [0.2, 0.25) is 20.1 Å². The summed E-state index contributed by atoms with van der Waals surface area (Å²) in [5, 5.41) is 1.85. The molecule has 0 nitrogen and oxygen atoms in total. The summed E-state index contributed by atoms with van der Waals surface area (Å²) in [4.78, 5) is 0. The molecule has 2 aromatic carbocycles. The normalized spacial score (nSPS) is 10.5. The van der Waals surface area contributed by atoms with Gasteiger partial charge in [-0.25, -0.2) is 0 Å². The van der Waals surface area contributed by atoms with Crippen molar-refractivity contribution in [1.82, 2.24) is 0 Å². The largest absolute Gasteiger partial charge is 0.0836 e. The third-order valence-corrected chi connectivity index (χ3v) is 3.55. The fraction of sp³-hybridized carbons (Fsp3) is 0. The lowest BCUT2D eigenvalue weighted by Gasteiger charge is -2.09. The van der Waals surface area contributed by atoms with Crippen LogP contribution in [0.15, 0.2) is 30.3 Å². The van der Waals surface area contributed by atoms with Gasteiger partial charge in [-0.3, -0.25) is 0 Å². The molecule has 2 aromatic rings. The Morgan fingerprint density at radius 3 is 2.31 bits per heavy atom. The summed E-state index contributed by atoms with van der Waals surface area (Å²) in [7, 11) is 0. The topological polar surface area (TPSA) is 0 Å². The Morgan fingerprint density at radius 1 is 0.875 bits per heavy atom. The molecular weight excluding hydrogens is 286 g/mol. The van der Waals surface area contributed by atoms with Gasteiger partial charge in [-0.15, -0.1) is 0 Å². The minimum absolute atomic E-state index is 0.427. The van der Waals surface area contributed by atoms with Gasteiger partial charge in [0, 0.05) is 22.2 Å². The van der Waals surface area contributed by atoms with Crippen molar-refractivity contribution in [2.75, 3.05) is 0 Å². The SMILES string of the molecule is Clc1[c]ccc(Cl)c1-c1cccc(Cl)c1Cl. The summed E-state index contributed by atoms with van der Waals surface area (Å²) >= 11 is 24.2. The fourth-order valence-electron chi connectivity index (χ4n) is 1.39. The maximum absolute atomic E-state index is 6.11. The molecular formula is C12H5Cl4. The first-order valence-corrected chi connectivity index (χ1v) is 5.92. The molecule has 0 bridgehead atoms. The van der Waals surface area contributed by atoms with E-state index in [0.29, 0.717) is 31.2 Å². The van der Waals surface area contributed by atoms with Gasteiger partial charge in [0.2, 0.25) is 0 Å². The molecule has 0 amide bonds. The van der Waals surface area contributed by atoms with Crippen LogP contribution >= 0.6 is 46.4 Å². The van der Waals surface area contributed by atoms with Gasteiger partial charge in [-0.05, 0) is 12.1 Å². The Hall–Kier alpha value is -0.400. The third kappa shape index (κ3) is 2.16. The van der Waals surface area contributed by atoms with Crippen molar-refractivity contribution in [3.8, 4) is 11.1 Å². The molecule has 0 saturated carbocycles. The van der Waals surface area contributed by atoms with Crippen molar-refractivity contribution in [1.29, 1.82) is 0 Å². The summed E-state index contributed by atoms with van der Waals surface area (Å²) in [5.74, 6) is 0. The van der Waals surface area contributed by atoms with Gasteiger partial charge in [0.05, 0.1) is 15.1 Å². The lowest BCUT2D eigenvalue weighted by atomic mass is 10.1. The zero-order valence-electron chi connectivity index (χ0n) is 7.90. The highest BCUT2D eigenvalue weighted by atomic mass is 35.5. The maximum Gasteiger partial charge on any atom is 0.0671 e. The Kier molecular flexibility index (Phi) is 3.66. The molecule has 0 aliphatic rings. The van der Waals surface area contributed by atoms with E-state index >= 15 is 0 Å². The van der Waals surface area contributed by atoms with Gasteiger partial charge >= 0.3 is 0 Å². The third-order valence-electron chi connectivity index (χ3n) is 2.12. The van der Waals surface area contributed by atoms with Crippen LogP contribution in [0, 0.1) is 6.07 Å². The first-order chi connectivity index (χ1) is 7.61. The highest BCUT2D eigenvalue weighted by molar-refractivity contribution is 6.45. The highest BCUT2D eigenvalue weighted by Crippen LogP contribution is 2.40. The summed E-state index contributed by atoms with van der Waals surface area (Å²) in [6, 6.07) is 11.6. The van der Waals surface area contributed by atoms with Crippen LogP contribution in [0.5, 0.6) is 0 Å². The van der Waals surface area contributed by atoms with Crippen LogP contribution in [0.4, 0.5) is 0 Å². The van der Waals surface area contributed by atoms with Gasteiger partial charge < -0.3 is 0 Å². The van der Waals surface area contributed by atoms with Crippen LogP contribution < -0.4 is 0 Å². The molecule has 0 fully saturated rings. The first kappa shape index (κ1) is 12.1. The molecule has 16 heavy (non-hydrogen) atoms. The monoisotopic (exact) mass is 289 g/mol. The molecule has 0 aliphatic carbocycles. The first-order valence-electron chi connectivity index (χ1n) is 4.41. The molecule has 0 heterocycles. The molecule has 0 atom stereocenters. The maximum atomic E-state index is 6.11. The van der Waals surface area contributed by atoms with Crippen molar-refractivity contribution in [3.05, 3.63) is 56.5 Å². The number of halogens is 4. The molecule has 2 rings (SSSR count). The van der Waals surface area contributed by atoms with Crippen molar-refractivity contribution < 1.29 is 0 Å². The second-order valence-corrected chi connectivity index (χ2v) is 4.69. The minimum Gasteiger partial charge on any atom is -0.0836 e. The number of benzene rings is 2. The van der Waals surface area contributed by atoms with Gasteiger partial charge in [0.15, 0.2) is 0 Å². The number of hydrogen-bond acceptors (Lipinski definition) is 0. The Labute approximate surface area is 114 Å². The summed E-state index contributed by atoms with van der Waals surface area (Å²) < 4.78 is 0. The van der Waals surface area contributed by atoms with E-state index in [1.807, 2.05) is 6.07 Å². The van der Waals surface area contributed by atoms with E-state index in [1.165, 1.54) is 0 Å². The molecule has 0 spiro atoms. The van der Waals surface area contributed by atoms with Crippen molar-refractivity contribution in [3.63, 3.8) is 0 Å². The van der Waals surface area contributed by atoms with Gasteiger partial charge in [-0.2, -0.15) is 0 Å². The minimum atomic E-state index is 0.427. The van der Waals surface area contributed by atoms with Crippen LogP contribution in [0.3, 0.4) is 0 Å². The Morgan fingerprint density at radius 2 is 1.62 bits per heavy atom. The Balaban J connectivity index is 2.73. The lowest BCUT2D eigenvalue weighted by Crippen LogP contribution is -1.84. The zero-order valence-corrected chi connectivity index (χ0v) is 10.9. The van der Waals surface area contributed by atoms with Crippen LogP contribution in [-0.2, 0) is 0 Å². The molecule has 0 saturated heterocycles. The van der Waals surface area contributed by atoms with E-state index in [9.17, 15) is 0 Å². The fourth-order valence-corrected chi connectivity index (χ4v) is 2.36. The number of hydrogen-bond donors (Lipinski definition) is 0. The highest BCUT2D eigenvalue weighted by Gasteiger charge is 2.13. The predicted octanol–water partition coefficient (Wildman–Crippen LogP) is 5.77. The lowest BCUT2D eigenvalue weighted by molar-refractivity contribution is 1.61.